The number of nitrogens with zero attached hydrogens (tertiary/aromatic N) is 1. The van der Waals surface area contributed by atoms with Crippen LogP contribution in [0.25, 0.3) is 0 Å². The highest BCUT2D eigenvalue weighted by atomic mass is 79.9. The predicted octanol–water partition coefficient (Wildman–Crippen LogP) is 4.49. The molecule has 2 aromatic rings. The molecule has 1 aromatic heterocycles. The summed E-state index contributed by atoms with van der Waals surface area (Å²) >= 11 is 6.86. The zero-order valence-electron chi connectivity index (χ0n) is 10.6. The molecule has 19 heavy (non-hydrogen) atoms. The molecule has 0 N–H and O–H groups in total. The first-order valence-electron chi connectivity index (χ1n) is 5.61. The summed E-state index contributed by atoms with van der Waals surface area (Å²) in [7, 11) is 3.23. The molecular weight excluding hydrogens is 346 g/mol. The molecule has 0 bridgehead atoms. The third kappa shape index (κ3) is 4.29. The van der Waals surface area contributed by atoms with E-state index in [0.717, 1.165) is 20.9 Å². The lowest BCUT2D eigenvalue weighted by Gasteiger charge is -2.09. The van der Waals surface area contributed by atoms with Gasteiger partial charge >= 0.3 is 0 Å². The quantitative estimate of drug-likeness (QED) is 0.561. The number of halogens is 1. The van der Waals surface area contributed by atoms with Gasteiger partial charge in [-0.25, -0.2) is 4.98 Å². The van der Waals surface area contributed by atoms with E-state index in [1.54, 1.807) is 37.3 Å². The van der Waals surface area contributed by atoms with Crippen LogP contribution >= 0.6 is 39.0 Å². The van der Waals surface area contributed by atoms with Crippen LogP contribution < -0.4 is 0 Å². The first kappa shape index (κ1) is 15.0. The highest BCUT2D eigenvalue weighted by Crippen LogP contribution is 2.28. The van der Waals surface area contributed by atoms with Crippen LogP contribution in [0.4, 0.5) is 0 Å². The van der Waals surface area contributed by atoms with Crippen molar-refractivity contribution >= 4 is 39.0 Å². The van der Waals surface area contributed by atoms with Crippen molar-refractivity contribution in [3.63, 3.8) is 0 Å². The third-order valence-electron chi connectivity index (χ3n) is 2.40. The van der Waals surface area contributed by atoms with Crippen molar-refractivity contribution in [1.82, 2.24) is 4.98 Å². The Kier molecular flexibility index (Phi) is 5.84. The second-order valence-electron chi connectivity index (χ2n) is 3.72. The van der Waals surface area contributed by atoms with E-state index in [1.807, 2.05) is 17.5 Å². The van der Waals surface area contributed by atoms with Gasteiger partial charge in [0.1, 0.15) is 10.7 Å². The van der Waals surface area contributed by atoms with Crippen LogP contribution in [-0.2, 0) is 15.2 Å². The molecule has 1 heterocycles. The van der Waals surface area contributed by atoms with Crippen molar-refractivity contribution < 1.29 is 9.47 Å². The van der Waals surface area contributed by atoms with E-state index >= 15 is 0 Å². The molecule has 0 spiro atoms. The Labute approximate surface area is 129 Å². The minimum atomic E-state index is -0.374. The lowest BCUT2D eigenvalue weighted by atomic mass is 10.4. The van der Waals surface area contributed by atoms with E-state index in [-0.39, 0.29) is 6.29 Å². The van der Waals surface area contributed by atoms with Crippen LogP contribution in [-0.4, -0.2) is 19.2 Å². The predicted molar refractivity (Wildman–Crippen MR) is 82.6 cm³/mol. The number of thioether (sulfide) groups is 1. The second-order valence-corrected chi connectivity index (χ2v) is 6.62. The number of hydrogen-bond acceptors (Lipinski definition) is 5. The Balaban J connectivity index is 1.97. The van der Waals surface area contributed by atoms with E-state index in [0.29, 0.717) is 0 Å². The van der Waals surface area contributed by atoms with Crippen LogP contribution in [0.15, 0.2) is 39.0 Å². The first-order chi connectivity index (χ1) is 9.22. The summed E-state index contributed by atoms with van der Waals surface area (Å²) in [4.78, 5) is 5.75. The monoisotopic (exact) mass is 359 g/mol. The first-order valence-corrected chi connectivity index (χ1v) is 8.27. The maximum Gasteiger partial charge on any atom is 0.201 e. The van der Waals surface area contributed by atoms with Crippen LogP contribution in [0.1, 0.15) is 17.0 Å². The average Bonchev–Trinajstić information content (AvgIpc) is 2.87. The standard InChI is InChI=1S/C13H14BrNO2S2/c1-16-13(17-2)11-7-19-12(15-11)8-18-10-5-3-4-9(14)6-10/h3-7,13H,8H2,1-2H3. The number of thiazole rings is 1. The van der Waals surface area contributed by atoms with Gasteiger partial charge in [-0.05, 0) is 18.2 Å². The molecule has 0 amide bonds. The number of methoxy groups -OCH3 is 2. The van der Waals surface area contributed by atoms with Gasteiger partial charge in [-0.2, -0.15) is 0 Å². The zero-order chi connectivity index (χ0) is 13.7. The average molecular weight is 360 g/mol. The molecule has 0 saturated carbocycles. The highest BCUT2D eigenvalue weighted by molar-refractivity contribution is 9.10. The molecule has 2 rings (SSSR count). The molecule has 102 valence electrons. The molecule has 3 nitrogen and oxygen atoms in total. The van der Waals surface area contributed by atoms with E-state index in [1.165, 1.54) is 4.90 Å². The topological polar surface area (TPSA) is 31.4 Å². The smallest absolute Gasteiger partial charge is 0.201 e. The lowest BCUT2D eigenvalue weighted by Crippen LogP contribution is -2.03. The summed E-state index contributed by atoms with van der Waals surface area (Å²) < 4.78 is 11.5. The summed E-state index contributed by atoms with van der Waals surface area (Å²) in [6, 6.07) is 8.25. The van der Waals surface area contributed by atoms with E-state index in [4.69, 9.17) is 9.47 Å². The van der Waals surface area contributed by atoms with Crippen molar-refractivity contribution in [1.29, 1.82) is 0 Å². The number of ether oxygens (including phenoxy) is 2. The molecule has 0 aliphatic rings. The van der Waals surface area contributed by atoms with Gasteiger partial charge in [0.25, 0.3) is 0 Å². The summed E-state index contributed by atoms with van der Waals surface area (Å²) in [6.45, 7) is 0. The number of rotatable bonds is 6. The van der Waals surface area contributed by atoms with E-state index in [9.17, 15) is 0 Å². The SMILES string of the molecule is COC(OC)c1csc(CSc2cccc(Br)c2)n1. The molecule has 0 atom stereocenters. The lowest BCUT2D eigenvalue weighted by molar-refractivity contribution is -0.108. The minimum Gasteiger partial charge on any atom is -0.350 e. The van der Waals surface area contributed by atoms with Gasteiger partial charge in [-0.15, -0.1) is 23.1 Å². The minimum absolute atomic E-state index is 0.374. The molecular formula is C13H14BrNO2S2. The van der Waals surface area contributed by atoms with Crippen LogP contribution in [0, 0.1) is 0 Å². The van der Waals surface area contributed by atoms with Gasteiger partial charge in [0, 0.05) is 29.0 Å². The Bertz CT molecular complexity index is 529. The fourth-order valence-electron chi connectivity index (χ4n) is 1.54. The maximum atomic E-state index is 5.19. The molecule has 0 unspecified atom stereocenters. The maximum absolute atomic E-state index is 5.19. The van der Waals surface area contributed by atoms with Crippen molar-refractivity contribution in [2.24, 2.45) is 0 Å². The zero-order valence-corrected chi connectivity index (χ0v) is 13.8. The molecule has 0 saturated heterocycles. The second kappa shape index (κ2) is 7.40. The van der Waals surface area contributed by atoms with Crippen molar-refractivity contribution in [2.75, 3.05) is 14.2 Å². The van der Waals surface area contributed by atoms with Crippen LogP contribution in [0.5, 0.6) is 0 Å². The fourth-order valence-corrected chi connectivity index (χ4v) is 3.86. The Morgan fingerprint density at radius 3 is 2.84 bits per heavy atom. The molecule has 0 aliphatic carbocycles. The van der Waals surface area contributed by atoms with Gasteiger partial charge in [0.15, 0.2) is 0 Å². The fraction of sp³-hybridized carbons (Fsp3) is 0.308. The largest absolute Gasteiger partial charge is 0.350 e. The summed E-state index contributed by atoms with van der Waals surface area (Å²) in [5.41, 5.74) is 0.833. The van der Waals surface area contributed by atoms with Gasteiger partial charge in [0.2, 0.25) is 6.29 Å². The van der Waals surface area contributed by atoms with Crippen LogP contribution in [0.2, 0.25) is 0 Å². The van der Waals surface area contributed by atoms with E-state index in [2.05, 4.69) is 33.0 Å². The summed E-state index contributed by atoms with van der Waals surface area (Å²) in [5, 5.41) is 3.05. The molecule has 0 aliphatic heterocycles. The molecule has 6 heteroatoms. The van der Waals surface area contributed by atoms with Gasteiger partial charge in [0.05, 0.1) is 5.75 Å². The van der Waals surface area contributed by atoms with Crippen LogP contribution in [0.3, 0.4) is 0 Å². The summed E-state index contributed by atoms with van der Waals surface area (Å²) in [6.07, 6.45) is -0.374. The molecule has 0 fully saturated rings. The van der Waals surface area contributed by atoms with Gasteiger partial charge < -0.3 is 9.47 Å². The third-order valence-corrected chi connectivity index (χ3v) is 4.95. The summed E-state index contributed by atoms with van der Waals surface area (Å²) in [5.74, 6) is 0.848. The Morgan fingerprint density at radius 1 is 1.37 bits per heavy atom. The number of benzene rings is 1. The van der Waals surface area contributed by atoms with E-state index < -0.39 is 0 Å². The molecule has 0 radical (unpaired) electrons. The Hall–Kier alpha value is -0.400. The highest BCUT2D eigenvalue weighted by Gasteiger charge is 2.13. The number of hydrogen-bond donors (Lipinski definition) is 0. The van der Waals surface area contributed by atoms with Gasteiger partial charge in [-0.1, -0.05) is 22.0 Å². The van der Waals surface area contributed by atoms with Crippen molar-refractivity contribution in [3.05, 3.63) is 44.8 Å². The van der Waals surface area contributed by atoms with Crippen molar-refractivity contribution in [2.45, 2.75) is 16.9 Å². The number of aromatic nitrogens is 1. The Morgan fingerprint density at radius 2 is 2.16 bits per heavy atom. The van der Waals surface area contributed by atoms with Crippen molar-refractivity contribution in [3.8, 4) is 0 Å². The normalized spacial score (nSPS) is 11.2. The molecule has 1 aromatic carbocycles. The van der Waals surface area contributed by atoms with Gasteiger partial charge in [-0.3, -0.25) is 0 Å².